The predicted molar refractivity (Wildman–Crippen MR) is 109 cm³/mol. The van der Waals surface area contributed by atoms with E-state index in [0.717, 1.165) is 12.8 Å². The van der Waals surface area contributed by atoms with E-state index in [1.54, 1.807) is 23.5 Å². The van der Waals surface area contributed by atoms with Crippen molar-refractivity contribution in [2.24, 2.45) is 5.73 Å². The third-order valence-electron chi connectivity index (χ3n) is 3.49. The van der Waals surface area contributed by atoms with Crippen LogP contribution in [0.25, 0.3) is 0 Å². The van der Waals surface area contributed by atoms with Crippen molar-refractivity contribution in [3.05, 3.63) is 46.2 Å². The summed E-state index contributed by atoms with van der Waals surface area (Å²) in [5, 5.41) is 2.75. The number of halogens is 1. The lowest BCUT2D eigenvalue weighted by molar-refractivity contribution is -0.116. The van der Waals surface area contributed by atoms with Gasteiger partial charge in [0.15, 0.2) is 0 Å². The van der Waals surface area contributed by atoms with Gasteiger partial charge in [0.05, 0.1) is 4.90 Å². The molecule has 0 unspecified atom stereocenters. The number of hydrogen-bond acceptors (Lipinski definition) is 5. The Morgan fingerprint density at radius 2 is 2.00 bits per heavy atom. The highest BCUT2D eigenvalue weighted by molar-refractivity contribution is 7.89. The highest BCUT2D eigenvalue weighted by atomic mass is 35.5. The molecule has 0 saturated heterocycles. The van der Waals surface area contributed by atoms with E-state index < -0.39 is 10.0 Å². The zero-order valence-corrected chi connectivity index (χ0v) is 17.0. The van der Waals surface area contributed by atoms with Crippen molar-refractivity contribution in [3.8, 4) is 0 Å². The number of benzene rings is 1. The second kappa shape index (κ2) is 10.6. The number of thiophene rings is 1. The highest BCUT2D eigenvalue weighted by Gasteiger charge is 2.14. The Bertz CT molecular complexity index is 822. The molecule has 0 saturated carbocycles. The molecule has 0 aliphatic heterocycles. The largest absolute Gasteiger partial charge is 0.329 e. The summed E-state index contributed by atoms with van der Waals surface area (Å²) in [5.74, 6) is -0.127. The van der Waals surface area contributed by atoms with Gasteiger partial charge in [-0.25, -0.2) is 13.1 Å². The number of amides is 1. The summed E-state index contributed by atoms with van der Waals surface area (Å²) in [4.78, 5) is 14.7. The second-order valence-corrected chi connectivity index (χ2v) is 8.77. The fraction of sp³-hybridized carbons (Fsp3) is 0.353. The predicted octanol–water partition coefficient (Wildman–Crippen LogP) is 2.68. The standard InChI is InChI=1S/C17H23N3O3S2.ClH/c1-13-8-9-15(24-13)5-3-7-17(21)20-14-4-2-6-16(12-14)25(22,23)19-11-10-18;/h2,4,6,8-9,12,19H,3,5,7,10-11,18H2,1H3,(H,20,21);1H. The molecule has 1 heterocycles. The molecule has 2 aromatic rings. The van der Waals surface area contributed by atoms with Crippen LogP contribution >= 0.6 is 23.7 Å². The summed E-state index contributed by atoms with van der Waals surface area (Å²) >= 11 is 1.74. The first-order chi connectivity index (χ1) is 11.9. The smallest absolute Gasteiger partial charge is 0.240 e. The third kappa shape index (κ3) is 7.05. The van der Waals surface area contributed by atoms with E-state index in [1.165, 1.54) is 21.9 Å². The third-order valence-corrected chi connectivity index (χ3v) is 6.01. The molecular weight excluding hydrogens is 394 g/mol. The Balaban J connectivity index is 0.00000338. The van der Waals surface area contributed by atoms with E-state index in [2.05, 4.69) is 29.1 Å². The van der Waals surface area contributed by atoms with Gasteiger partial charge in [-0.3, -0.25) is 4.79 Å². The number of anilines is 1. The lowest BCUT2D eigenvalue weighted by atomic mass is 10.2. The fourth-order valence-electron chi connectivity index (χ4n) is 2.28. The van der Waals surface area contributed by atoms with Crippen LogP contribution in [-0.2, 0) is 21.2 Å². The molecule has 0 bridgehead atoms. The highest BCUT2D eigenvalue weighted by Crippen LogP contribution is 2.18. The number of carbonyl (C=O) groups excluding carboxylic acids is 1. The number of sulfonamides is 1. The molecule has 1 aromatic heterocycles. The molecule has 6 nitrogen and oxygen atoms in total. The Morgan fingerprint density at radius 1 is 1.23 bits per heavy atom. The number of nitrogens with two attached hydrogens (primary N) is 1. The lowest BCUT2D eigenvalue weighted by Crippen LogP contribution is -2.29. The zero-order valence-electron chi connectivity index (χ0n) is 14.5. The number of aryl methyl sites for hydroxylation is 2. The number of carbonyl (C=O) groups is 1. The monoisotopic (exact) mass is 417 g/mol. The van der Waals surface area contributed by atoms with Crippen molar-refractivity contribution in [3.63, 3.8) is 0 Å². The summed E-state index contributed by atoms with van der Waals surface area (Å²) in [5.41, 5.74) is 5.78. The van der Waals surface area contributed by atoms with Crippen LogP contribution in [0.3, 0.4) is 0 Å². The molecule has 0 fully saturated rings. The molecular formula is C17H24ClN3O3S2. The van der Waals surface area contributed by atoms with Gasteiger partial charge in [-0.1, -0.05) is 6.07 Å². The van der Waals surface area contributed by atoms with Gasteiger partial charge in [0.25, 0.3) is 0 Å². The maximum Gasteiger partial charge on any atom is 0.240 e. The molecule has 1 aromatic carbocycles. The first-order valence-electron chi connectivity index (χ1n) is 8.05. The minimum Gasteiger partial charge on any atom is -0.329 e. The fourth-order valence-corrected chi connectivity index (χ4v) is 4.31. The van der Waals surface area contributed by atoms with Crippen molar-refractivity contribution in [2.75, 3.05) is 18.4 Å². The molecule has 26 heavy (non-hydrogen) atoms. The van der Waals surface area contributed by atoms with Crippen LogP contribution in [0.15, 0.2) is 41.3 Å². The maximum atomic E-state index is 12.1. The topological polar surface area (TPSA) is 101 Å². The van der Waals surface area contributed by atoms with Gasteiger partial charge < -0.3 is 11.1 Å². The number of nitrogens with one attached hydrogen (secondary N) is 2. The summed E-state index contributed by atoms with van der Waals surface area (Å²) in [6.45, 7) is 2.45. The van der Waals surface area contributed by atoms with E-state index in [0.29, 0.717) is 12.1 Å². The Morgan fingerprint density at radius 3 is 2.65 bits per heavy atom. The average molecular weight is 418 g/mol. The Kier molecular flexibility index (Phi) is 9.24. The zero-order chi connectivity index (χ0) is 18.3. The Hall–Kier alpha value is -1.45. The van der Waals surface area contributed by atoms with Gasteiger partial charge in [-0.05, 0) is 50.1 Å². The van der Waals surface area contributed by atoms with Gasteiger partial charge in [-0.15, -0.1) is 23.7 Å². The summed E-state index contributed by atoms with van der Waals surface area (Å²) in [6.07, 6.45) is 2.00. The molecule has 1 amide bonds. The van der Waals surface area contributed by atoms with Crippen LogP contribution in [0.4, 0.5) is 5.69 Å². The van der Waals surface area contributed by atoms with Gasteiger partial charge >= 0.3 is 0 Å². The van der Waals surface area contributed by atoms with Gasteiger partial charge in [0.2, 0.25) is 15.9 Å². The van der Waals surface area contributed by atoms with Gasteiger partial charge in [0, 0.05) is 35.0 Å². The lowest BCUT2D eigenvalue weighted by Gasteiger charge is -2.09. The van der Waals surface area contributed by atoms with Crippen LogP contribution < -0.4 is 15.8 Å². The summed E-state index contributed by atoms with van der Waals surface area (Å²) < 4.78 is 26.6. The number of hydrogen-bond donors (Lipinski definition) is 3. The average Bonchev–Trinajstić information content (AvgIpc) is 2.98. The molecule has 0 spiro atoms. The van der Waals surface area contributed by atoms with Crippen LogP contribution in [0.1, 0.15) is 22.6 Å². The molecule has 144 valence electrons. The van der Waals surface area contributed by atoms with Crippen molar-refractivity contribution in [1.82, 2.24) is 4.72 Å². The van der Waals surface area contributed by atoms with Crippen molar-refractivity contribution < 1.29 is 13.2 Å². The number of rotatable bonds is 9. The van der Waals surface area contributed by atoms with Gasteiger partial charge in [-0.2, -0.15) is 0 Å². The molecule has 0 atom stereocenters. The summed E-state index contributed by atoms with van der Waals surface area (Å²) in [6, 6.07) is 10.3. The molecule has 0 aliphatic rings. The molecule has 0 radical (unpaired) electrons. The van der Waals surface area contributed by atoms with Crippen LogP contribution in [0.5, 0.6) is 0 Å². The van der Waals surface area contributed by atoms with E-state index in [-0.39, 0.29) is 36.3 Å². The van der Waals surface area contributed by atoms with Crippen LogP contribution in [0, 0.1) is 6.92 Å². The van der Waals surface area contributed by atoms with Crippen LogP contribution in [-0.4, -0.2) is 27.4 Å². The van der Waals surface area contributed by atoms with Crippen molar-refractivity contribution in [1.29, 1.82) is 0 Å². The first-order valence-corrected chi connectivity index (χ1v) is 10.4. The summed E-state index contributed by atoms with van der Waals surface area (Å²) in [7, 11) is -3.61. The van der Waals surface area contributed by atoms with E-state index in [4.69, 9.17) is 5.73 Å². The van der Waals surface area contributed by atoms with Gasteiger partial charge in [0.1, 0.15) is 0 Å². The van der Waals surface area contributed by atoms with Crippen molar-refractivity contribution in [2.45, 2.75) is 31.1 Å². The van der Waals surface area contributed by atoms with Crippen molar-refractivity contribution >= 4 is 45.4 Å². The van der Waals surface area contributed by atoms with E-state index in [9.17, 15) is 13.2 Å². The first kappa shape index (κ1) is 22.6. The van der Waals surface area contributed by atoms with Crippen LogP contribution in [0.2, 0.25) is 0 Å². The molecule has 4 N–H and O–H groups in total. The SMILES string of the molecule is Cc1ccc(CCCC(=O)Nc2cccc(S(=O)(=O)NCCN)c2)s1.Cl. The second-order valence-electron chi connectivity index (χ2n) is 5.63. The normalized spacial score (nSPS) is 11.0. The maximum absolute atomic E-state index is 12.1. The molecule has 0 aliphatic carbocycles. The Labute approximate surface area is 164 Å². The minimum atomic E-state index is -3.61. The molecule has 2 rings (SSSR count). The molecule has 9 heteroatoms. The minimum absolute atomic E-state index is 0. The quantitative estimate of drug-likeness (QED) is 0.583. The van der Waals surface area contributed by atoms with E-state index in [1.807, 2.05) is 0 Å². The van der Waals surface area contributed by atoms with E-state index >= 15 is 0 Å².